The van der Waals surface area contributed by atoms with Crippen LogP contribution in [0.3, 0.4) is 0 Å². The number of nitrogens with one attached hydrogen (secondary N) is 1. The lowest BCUT2D eigenvalue weighted by Gasteiger charge is -2.06. The van der Waals surface area contributed by atoms with Crippen molar-refractivity contribution < 1.29 is 9.59 Å². The van der Waals surface area contributed by atoms with Gasteiger partial charge in [-0.3, -0.25) is 14.2 Å². The number of benzene rings is 2. The number of ketones is 1. The second-order valence-corrected chi connectivity index (χ2v) is 9.86. The van der Waals surface area contributed by atoms with E-state index in [1.807, 2.05) is 60.7 Å². The van der Waals surface area contributed by atoms with Crippen LogP contribution in [0, 0.1) is 0 Å². The molecule has 0 spiro atoms. The molecular formula is C28H29N5O3S. The molecular weight excluding hydrogens is 486 g/mol. The SMILES string of the molecule is O=C(Cc1ccccc1)Cc1ccn(CCCCCc2nnc(NC(=O)Cc3ccccc3)s2)c(=O)n1. The fraction of sp³-hybridized carbons (Fsp3) is 0.286. The Bertz CT molecular complexity index is 1370. The first-order valence-electron chi connectivity index (χ1n) is 12.3. The summed E-state index contributed by atoms with van der Waals surface area (Å²) in [4.78, 5) is 40.9. The fourth-order valence-electron chi connectivity index (χ4n) is 3.91. The molecule has 37 heavy (non-hydrogen) atoms. The van der Waals surface area contributed by atoms with Gasteiger partial charge in [-0.15, -0.1) is 10.2 Å². The molecule has 4 aromatic rings. The van der Waals surface area contributed by atoms with Gasteiger partial charge in [0.05, 0.1) is 12.1 Å². The van der Waals surface area contributed by atoms with Crippen molar-refractivity contribution in [3.63, 3.8) is 0 Å². The molecule has 2 aromatic heterocycles. The van der Waals surface area contributed by atoms with E-state index >= 15 is 0 Å². The first kappa shape index (κ1) is 26.1. The maximum atomic E-state index is 12.4. The molecule has 8 nitrogen and oxygen atoms in total. The molecule has 0 atom stereocenters. The van der Waals surface area contributed by atoms with Gasteiger partial charge in [0.1, 0.15) is 10.8 Å². The number of carbonyl (C=O) groups is 2. The minimum absolute atomic E-state index is 0.0337. The maximum absolute atomic E-state index is 12.4. The number of hydrogen-bond donors (Lipinski definition) is 1. The van der Waals surface area contributed by atoms with Crippen LogP contribution in [0.1, 0.15) is 41.1 Å². The maximum Gasteiger partial charge on any atom is 0.347 e. The number of nitrogens with zero attached hydrogens (tertiary/aromatic N) is 4. The summed E-state index contributed by atoms with van der Waals surface area (Å²) in [5.41, 5.74) is 2.08. The normalized spacial score (nSPS) is 10.8. The number of aromatic nitrogens is 4. The van der Waals surface area contributed by atoms with Crippen LogP contribution >= 0.6 is 11.3 Å². The minimum atomic E-state index is -0.329. The number of aryl methyl sites for hydroxylation is 2. The largest absolute Gasteiger partial charge is 0.347 e. The molecule has 190 valence electrons. The molecule has 0 fully saturated rings. The predicted molar refractivity (Wildman–Crippen MR) is 144 cm³/mol. The van der Waals surface area contributed by atoms with Gasteiger partial charge < -0.3 is 5.32 Å². The van der Waals surface area contributed by atoms with Gasteiger partial charge in [-0.2, -0.15) is 4.98 Å². The van der Waals surface area contributed by atoms with Gasteiger partial charge in [-0.25, -0.2) is 4.79 Å². The van der Waals surface area contributed by atoms with Gasteiger partial charge in [0, 0.05) is 32.0 Å². The Morgan fingerprint density at radius 3 is 2.22 bits per heavy atom. The summed E-state index contributed by atoms with van der Waals surface area (Å²) >= 11 is 1.39. The zero-order valence-electron chi connectivity index (χ0n) is 20.5. The van der Waals surface area contributed by atoms with Gasteiger partial charge in [-0.1, -0.05) is 78.4 Å². The van der Waals surface area contributed by atoms with Crippen LogP contribution in [0.5, 0.6) is 0 Å². The van der Waals surface area contributed by atoms with E-state index in [-0.39, 0.29) is 23.8 Å². The Morgan fingerprint density at radius 1 is 0.811 bits per heavy atom. The summed E-state index contributed by atoms with van der Waals surface area (Å²) in [5, 5.41) is 12.4. The summed E-state index contributed by atoms with van der Waals surface area (Å²) in [6.45, 7) is 0.570. The zero-order valence-corrected chi connectivity index (χ0v) is 21.3. The van der Waals surface area contributed by atoms with Crippen molar-refractivity contribution in [2.24, 2.45) is 0 Å². The van der Waals surface area contributed by atoms with Crippen molar-refractivity contribution in [3.8, 4) is 0 Å². The number of amides is 1. The van der Waals surface area contributed by atoms with Crippen LogP contribution in [0.15, 0.2) is 77.7 Å². The molecule has 0 radical (unpaired) electrons. The molecule has 0 saturated carbocycles. The van der Waals surface area contributed by atoms with Crippen molar-refractivity contribution in [3.05, 3.63) is 105 Å². The van der Waals surface area contributed by atoms with Crippen LogP contribution < -0.4 is 11.0 Å². The van der Waals surface area contributed by atoms with Gasteiger partial charge in [-0.05, 0) is 30.0 Å². The summed E-state index contributed by atoms with van der Waals surface area (Å²) < 4.78 is 1.58. The van der Waals surface area contributed by atoms with Gasteiger partial charge >= 0.3 is 5.69 Å². The molecule has 0 aliphatic heterocycles. The first-order valence-corrected chi connectivity index (χ1v) is 13.1. The van der Waals surface area contributed by atoms with E-state index in [2.05, 4.69) is 20.5 Å². The van der Waals surface area contributed by atoms with E-state index in [9.17, 15) is 14.4 Å². The third-order valence-corrected chi connectivity index (χ3v) is 6.66. The average Bonchev–Trinajstić information content (AvgIpc) is 3.33. The molecule has 2 heterocycles. The zero-order chi connectivity index (χ0) is 25.9. The average molecular weight is 516 g/mol. The van der Waals surface area contributed by atoms with Gasteiger partial charge in [0.2, 0.25) is 11.0 Å². The first-order chi connectivity index (χ1) is 18.0. The van der Waals surface area contributed by atoms with E-state index in [1.165, 1.54) is 11.3 Å². The highest BCUT2D eigenvalue weighted by atomic mass is 32.1. The van der Waals surface area contributed by atoms with Gasteiger partial charge in [0.25, 0.3) is 0 Å². The summed E-state index contributed by atoms with van der Waals surface area (Å²) in [5.74, 6) is -0.0778. The molecule has 9 heteroatoms. The highest BCUT2D eigenvalue weighted by Crippen LogP contribution is 2.18. The van der Waals surface area contributed by atoms with E-state index < -0.39 is 0 Å². The lowest BCUT2D eigenvalue weighted by Crippen LogP contribution is -2.24. The van der Waals surface area contributed by atoms with Crippen molar-refractivity contribution in [2.45, 2.75) is 51.5 Å². The Morgan fingerprint density at radius 2 is 1.51 bits per heavy atom. The molecule has 0 unspecified atom stereocenters. The van der Waals surface area contributed by atoms with Crippen LogP contribution in [-0.2, 0) is 41.8 Å². The number of rotatable bonds is 13. The number of Topliss-reactive ketones (excluding diaryl/α,β-unsaturated/α-hetero) is 1. The van der Waals surface area contributed by atoms with Gasteiger partial charge in [0.15, 0.2) is 0 Å². The van der Waals surface area contributed by atoms with E-state index in [0.717, 1.165) is 41.8 Å². The van der Waals surface area contributed by atoms with Crippen molar-refractivity contribution >= 4 is 28.2 Å². The second-order valence-electron chi connectivity index (χ2n) is 8.79. The Balaban J connectivity index is 1.15. The molecule has 1 N–H and O–H groups in total. The standard InChI is InChI=1S/C28H29N5O3S/c34-24(18-21-10-4-1-5-11-21)20-23-15-17-33(28(36)29-23)16-9-3-8-14-26-31-32-27(37-26)30-25(35)19-22-12-6-2-7-13-22/h1-2,4-7,10-13,15,17H,3,8-9,14,16,18-20H2,(H,30,32,35). The summed E-state index contributed by atoms with van der Waals surface area (Å²) in [6, 6.07) is 20.9. The van der Waals surface area contributed by atoms with Crippen molar-refractivity contribution in [1.29, 1.82) is 0 Å². The molecule has 0 bridgehead atoms. The molecule has 0 aliphatic rings. The van der Waals surface area contributed by atoms with E-state index in [0.29, 0.717) is 30.2 Å². The Hall–Kier alpha value is -3.98. The molecule has 4 rings (SSSR count). The molecule has 2 aromatic carbocycles. The topological polar surface area (TPSA) is 107 Å². The summed E-state index contributed by atoms with van der Waals surface area (Å²) in [7, 11) is 0. The number of anilines is 1. The minimum Gasteiger partial charge on any atom is -0.300 e. The smallest absolute Gasteiger partial charge is 0.300 e. The number of unbranched alkanes of at least 4 members (excludes halogenated alkanes) is 2. The Labute approximate surface area is 219 Å². The van der Waals surface area contributed by atoms with Crippen molar-refractivity contribution in [2.75, 3.05) is 5.32 Å². The molecule has 0 aliphatic carbocycles. The third kappa shape index (κ3) is 8.57. The fourth-order valence-corrected chi connectivity index (χ4v) is 4.70. The Kier molecular flexibility index (Phi) is 9.42. The van der Waals surface area contributed by atoms with Crippen molar-refractivity contribution in [1.82, 2.24) is 19.7 Å². The molecule has 1 amide bonds. The van der Waals surface area contributed by atoms with E-state index in [1.54, 1.807) is 16.8 Å². The number of carbonyl (C=O) groups excluding carboxylic acids is 2. The van der Waals surface area contributed by atoms with Crippen LogP contribution in [0.25, 0.3) is 0 Å². The number of hydrogen-bond acceptors (Lipinski definition) is 7. The monoisotopic (exact) mass is 515 g/mol. The highest BCUT2D eigenvalue weighted by molar-refractivity contribution is 7.15. The predicted octanol–water partition coefficient (Wildman–Crippen LogP) is 4.04. The lowest BCUT2D eigenvalue weighted by molar-refractivity contribution is -0.118. The highest BCUT2D eigenvalue weighted by Gasteiger charge is 2.10. The third-order valence-electron chi connectivity index (χ3n) is 5.76. The summed E-state index contributed by atoms with van der Waals surface area (Å²) in [6.07, 6.45) is 5.92. The molecule has 0 saturated heterocycles. The second kappa shape index (κ2) is 13.4. The van der Waals surface area contributed by atoms with Crippen LogP contribution in [0.2, 0.25) is 0 Å². The quantitative estimate of drug-likeness (QED) is 0.269. The lowest BCUT2D eigenvalue weighted by atomic mass is 10.1. The van der Waals surface area contributed by atoms with Crippen LogP contribution in [-0.4, -0.2) is 31.4 Å². The van der Waals surface area contributed by atoms with Crippen LogP contribution in [0.4, 0.5) is 5.13 Å². The van der Waals surface area contributed by atoms with E-state index in [4.69, 9.17) is 0 Å².